The molecule has 0 aromatic heterocycles. The molecule has 0 heterocycles. The highest BCUT2D eigenvalue weighted by Crippen LogP contribution is 2.61. The van der Waals surface area contributed by atoms with Crippen LogP contribution in [-0.2, 0) is 4.79 Å². The van der Waals surface area contributed by atoms with Crippen molar-refractivity contribution in [3.63, 3.8) is 0 Å². The van der Waals surface area contributed by atoms with Crippen molar-refractivity contribution in [2.75, 3.05) is 6.54 Å². The molecule has 4 aliphatic carbocycles. The first-order chi connectivity index (χ1) is 11.5. The summed E-state index contributed by atoms with van der Waals surface area (Å²) in [7, 11) is 0. The average Bonchev–Trinajstić information content (AvgIpc) is 2.50. The third-order valence-corrected chi connectivity index (χ3v) is 6.53. The number of hydrogen-bond donors (Lipinski definition) is 1. The van der Waals surface area contributed by atoms with E-state index in [9.17, 15) is 9.59 Å². The molecule has 0 spiro atoms. The van der Waals surface area contributed by atoms with Gasteiger partial charge in [-0.3, -0.25) is 9.59 Å². The van der Waals surface area contributed by atoms with Crippen LogP contribution in [-0.4, -0.2) is 18.2 Å². The molecule has 0 radical (unpaired) electrons. The SMILES string of the molecule is O=C(CC12CC3CC(CC(C3)C1)C2)NCC(=O)c1cccc(Cl)c1. The van der Waals surface area contributed by atoms with E-state index >= 15 is 0 Å². The van der Waals surface area contributed by atoms with Gasteiger partial charge in [0.05, 0.1) is 6.54 Å². The lowest BCUT2D eigenvalue weighted by molar-refractivity contribution is -0.129. The van der Waals surface area contributed by atoms with Gasteiger partial charge in [-0.15, -0.1) is 0 Å². The normalized spacial score (nSPS) is 33.5. The lowest BCUT2D eigenvalue weighted by Gasteiger charge is -2.56. The number of halogens is 1. The molecule has 4 bridgehead atoms. The van der Waals surface area contributed by atoms with Crippen LogP contribution >= 0.6 is 11.6 Å². The van der Waals surface area contributed by atoms with Crippen molar-refractivity contribution in [3.05, 3.63) is 34.9 Å². The summed E-state index contributed by atoms with van der Waals surface area (Å²) in [5, 5.41) is 3.39. The molecule has 1 N–H and O–H groups in total. The van der Waals surface area contributed by atoms with Gasteiger partial charge in [-0.2, -0.15) is 0 Å². The summed E-state index contributed by atoms with van der Waals surface area (Å²) in [6.45, 7) is 0.0611. The molecule has 1 amide bonds. The fraction of sp³-hybridized carbons (Fsp3) is 0.600. The summed E-state index contributed by atoms with van der Waals surface area (Å²) in [6.07, 6.45) is 8.40. The van der Waals surface area contributed by atoms with Crippen LogP contribution in [0.3, 0.4) is 0 Å². The molecule has 1 aromatic rings. The molecule has 5 rings (SSSR count). The number of carbonyl (C=O) groups is 2. The van der Waals surface area contributed by atoms with Crippen LogP contribution in [0.5, 0.6) is 0 Å². The highest BCUT2D eigenvalue weighted by molar-refractivity contribution is 6.31. The Morgan fingerprint density at radius 2 is 1.71 bits per heavy atom. The van der Waals surface area contributed by atoms with Crippen LogP contribution in [0.25, 0.3) is 0 Å². The molecule has 3 nitrogen and oxygen atoms in total. The van der Waals surface area contributed by atoms with Gasteiger partial charge in [-0.1, -0.05) is 23.7 Å². The Bertz CT molecular complexity index is 634. The molecule has 4 fully saturated rings. The zero-order valence-electron chi connectivity index (χ0n) is 13.9. The Morgan fingerprint density at radius 3 is 2.29 bits per heavy atom. The van der Waals surface area contributed by atoms with Crippen LogP contribution in [0.4, 0.5) is 0 Å². The molecular formula is C20H24ClNO2. The number of amides is 1. The van der Waals surface area contributed by atoms with E-state index in [4.69, 9.17) is 11.6 Å². The fourth-order valence-electron chi connectivity index (χ4n) is 5.85. The van der Waals surface area contributed by atoms with Gasteiger partial charge in [0.2, 0.25) is 5.91 Å². The quantitative estimate of drug-likeness (QED) is 0.811. The second kappa shape index (κ2) is 6.18. The third-order valence-electron chi connectivity index (χ3n) is 6.29. The fourth-order valence-corrected chi connectivity index (χ4v) is 6.04. The van der Waals surface area contributed by atoms with Crippen LogP contribution in [0, 0.1) is 23.2 Å². The van der Waals surface area contributed by atoms with E-state index in [1.807, 2.05) is 0 Å². The standard InChI is InChI=1S/C20H24ClNO2/c21-17-3-1-2-16(7-17)18(23)12-22-19(24)11-20-8-13-4-14(9-20)6-15(5-13)10-20/h1-3,7,13-15H,4-6,8-12H2,(H,22,24). The maximum absolute atomic E-state index is 12.4. The highest BCUT2D eigenvalue weighted by atomic mass is 35.5. The van der Waals surface area contributed by atoms with Gasteiger partial charge in [0.1, 0.15) is 0 Å². The van der Waals surface area contributed by atoms with E-state index in [0.717, 1.165) is 17.8 Å². The number of hydrogen-bond acceptors (Lipinski definition) is 2. The summed E-state index contributed by atoms with van der Waals surface area (Å²) >= 11 is 5.92. The van der Waals surface area contributed by atoms with E-state index in [2.05, 4.69) is 5.32 Å². The average molecular weight is 346 g/mol. The zero-order chi connectivity index (χ0) is 16.7. The number of benzene rings is 1. The number of rotatable bonds is 5. The molecule has 0 aliphatic heterocycles. The largest absolute Gasteiger partial charge is 0.349 e. The molecule has 4 saturated carbocycles. The van der Waals surface area contributed by atoms with Crippen LogP contribution in [0.2, 0.25) is 5.02 Å². The van der Waals surface area contributed by atoms with Crippen molar-refractivity contribution in [3.8, 4) is 0 Å². The summed E-state index contributed by atoms with van der Waals surface area (Å²) < 4.78 is 0. The number of Topliss-reactive ketones (excluding diaryl/α,β-unsaturated/α-hetero) is 1. The van der Waals surface area contributed by atoms with Crippen molar-refractivity contribution >= 4 is 23.3 Å². The first-order valence-electron chi connectivity index (χ1n) is 9.07. The number of nitrogens with one attached hydrogen (secondary N) is 1. The first kappa shape index (κ1) is 16.1. The third kappa shape index (κ3) is 3.23. The molecule has 0 atom stereocenters. The molecule has 0 saturated heterocycles. The van der Waals surface area contributed by atoms with Crippen molar-refractivity contribution in [1.82, 2.24) is 5.32 Å². The summed E-state index contributed by atoms with van der Waals surface area (Å²) in [6, 6.07) is 6.88. The second-order valence-electron chi connectivity index (χ2n) is 8.30. The van der Waals surface area contributed by atoms with Crippen LogP contribution in [0.1, 0.15) is 55.3 Å². The lowest BCUT2D eigenvalue weighted by Crippen LogP contribution is -2.48. The van der Waals surface area contributed by atoms with E-state index < -0.39 is 0 Å². The molecule has 4 heteroatoms. The Kier molecular flexibility index (Phi) is 4.16. The molecule has 0 unspecified atom stereocenters. The Hall–Kier alpha value is -1.35. The molecular weight excluding hydrogens is 322 g/mol. The van der Waals surface area contributed by atoms with Gasteiger partial charge in [0, 0.05) is 17.0 Å². The molecule has 24 heavy (non-hydrogen) atoms. The smallest absolute Gasteiger partial charge is 0.220 e. The monoisotopic (exact) mass is 345 g/mol. The minimum absolute atomic E-state index is 0.0346. The van der Waals surface area contributed by atoms with Gasteiger partial charge in [-0.05, 0) is 73.8 Å². The Morgan fingerprint density at radius 1 is 1.08 bits per heavy atom. The minimum Gasteiger partial charge on any atom is -0.349 e. The predicted molar refractivity (Wildman–Crippen MR) is 94.0 cm³/mol. The maximum Gasteiger partial charge on any atom is 0.220 e. The number of carbonyl (C=O) groups excluding carboxylic acids is 2. The van der Waals surface area contributed by atoms with E-state index in [1.165, 1.54) is 38.5 Å². The first-order valence-corrected chi connectivity index (χ1v) is 9.45. The predicted octanol–water partition coefficient (Wildman–Crippen LogP) is 4.25. The van der Waals surface area contributed by atoms with Gasteiger partial charge in [0.25, 0.3) is 0 Å². The van der Waals surface area contributed by atoms with Gasteiger partial charge >= 0.3 is 0 Å². The van der Waals surface area contributed by atoms with Gasteiger partial charge < -0.3 is 5.32 Å². The maximum atomic E-state index is 12.4. The van der Waals surface area contributed by atoms with Crippen molar-refractivity contribution in [2.24, 2.45) is 23.2 Å². The van der Waals surface area contributed by atoms with Crippen molar-refractivity contribution in [1.29, 1.82) is 0 Å². The number of ketones is 1. The highest BCUT2D eigenvalue weighted by Gasteiger charge is 2.51. The lowest BCUT2D eigenvalue weighted by atomic mass is 9.49. The van der Waals surface area contributed by atoms with E-state index in [1.54, 1.807) is 24.3 Å². The van der Waals surface area contributed by atoms with Crippen molar-refractivity contribution in [2.45, 2.75) is 44.9 Å². The minimum atomic E-state index is -0.0867. The zero-order valence-corrected chi connectivity index (χ0v) is 14.6. The Balaban J connectivity index is 1.33. The van der Waals surface area contributed by atoms with Crippen LogP contribution < -0.4 is 5.32 Å². The molecule has 128 valence electrons. The molecule has 4 aliphatic rings. The summed E-state index contributed by atoms with van der Waals surface area (Å²) in [4.78, 5) is 24.6. The van der Waals surface area contributed by atoms with E-state index in [0.29, 0.717) is 17.0 Å². The summed E-state index contributed by atoms with van der Waals surface area (Å²) in [5.74, 6) is 2.48. The molecule has 1 aromatic carbocycles. The summed E-state index contributed by atoms with van der Waals surface area (Å²) in [5.41, 5.74) is 0.774. The Labute approximate surface area is 148 Å². The van der Waals surface area contributed by atoms with Crippen LogP contribution in [0.15, 0.2) is 24.3 Å². The van der Waals surface area contributed by atoms with E-state index in [-0.39, 0.29) is 23.7 Å². The van der Waals surface area contributed by atoms with Crippen molar-refractivity contribution < 1.29 is 9.59 Å². The van der Waals surface area contributed by atoms with Gasteiger partial charge in [-0.25, -0.2) is 0 Å². The second-order valence-corrected chi connectivity index (χ2v) is 8.74. The van der Waals surface area contributed by atoms with Gasteiger partial charge in [0.15, 0.2) is 5.78 Å². The topological polar surface area (TPSA) is 46.2 Å².